The molecule has 0 aliphatic heterocycles. The van der Waals surface area contributed by atoms with Crippen molar-refractivity contribution in [3.63, 3.8) is 0 Å². The van der Waals surface area contributed by atoms with Crippen molar-refractivity contribution in [1.82, 2.24) is 15.0 Å². The van der Waals surface area contributed by atoms with E-state index in [1.54, 1.807) is 6.92 Å². The molecule has 0 radical (unpaired) electrons. The molecular formula is C12H13N3O3. The number of H-pyrrole nitrogens is 2. The molecule has 2 aromatic rings. The lowest BCUT2D eigenvalue weighted by Crippen LogP contribution is -2.28. The number of hydrogen-bond acceptors (Lipinski definition) is 4. The summed E-state index contributed by atoms with van der Waals surface area (Å²) >= 11 is 0. The minimum absolute atomic E-state index is 0.222. The van der Waals surface area contributed by atoms with Gasteiger partial charge in [0, 0.05) is 0 Å². The molecule has 1 aromatic carbocycles. The van der Waals surface area contributed by atoms with Crippen molar-refractivity contribution >= 4 is 0 Å². The summed E-state index contributed by atoms with van der Waals surface area (Å²) in [5, 5.41) is 0. The first-order chi connectivity index (χ1) is 8.65. The molecule has 1 heterocycles. The van der Waals surface area contributed by atoms with Crippen molar-refractivity contribution in [2.24, 2.45) is 0 Å². The average Bonchev–Trinajstić information content (AvgIpc) is 2.36. The van der Waals surface area contributed by atoms with Gasteiger partial charge < -0.3 is 4.74 Å². The molecule has 94 valence electrons. The van der Waals surface area contributed by atoms with Crippen molar-refractivity contribution in [2.45, 2.75) is 19.6 Å². The van der Waals surface area contributed by atoms with Gasteiger partial charge in [0.1, 0.15) is 11.9 Å². The molecule has 18 heavy (non-hydrogen) atoms. The smallest absolute Gasteiger partial charge is 0.350 e. The van der Waals surface area contributed by atoms with Gasteiger partial charge in [-0.3, -0.25) is 9.97 Å². The van der Waals surface area contributed by atoms with Crippen LogP contribution in [0.4, 0.5) is 0 Å². The first-order valence-corrected chi connectivity index (χ1v) is 5.51. The van der Waals surface area contributed by atoms with Gasteiger partial charge in [-0.2, -0.15) is 4.98 Å². The fourth-order valence-corrected chi connectivity index (χ4v) is 1.48. The highest BCUT2D eigenvalue weighted by atomic mass is 16.5. The Morgan fingerprint density at radius 3 is 2.61 bits per heavy atom. The Kier molecular flexibility index (Phi) is 3.69. The number of aromatic nitrogens is 3. The normalized spacial score (nSPS) is 12.3. The van der Waals surface area contributed by atoms with E-state index >= 15 is 0 Å². The molecule has 1 aromatic heterocycles. The molecule has 0 saturated carbocycles. The zero-order valence-electron chi connectivity index (χ0n) is 9.84. The molecule has 0 saturated heterocycles. The van der Waals surface area contributed by atoms with Gasteiger partial charge in [-0.15, -0.1) is 0 Å². The van der Waals surface area contributed by atoms with Crippen LogP contribution in [0.25, 0.3) is 0 Å². The Bertz CT molecular complexity index is 590. The van der Waals surface area contributed by atoms with E-state index in [9.17, 15) is 9.59 Å². The minimum Gasteiger partial charge on any atom is -0.366 e. The average molecular weight is 247 g/mol. The van der Waals surface area contributed by atoms with Crippen LogP contribution in [0.2, 0.25) is 0 Å². The highest BCUT2D eigenvalue weighted by Gasteiger charge is 2.09. The monoisotopic (exact) mass is 247 g/mol. The maximum absolute atomic E-state index is 11.1. The van der Waals surface area contributed by atoms with E-state index in [-0.39, 0.29) is 5.82 Å². The standard InChI is InChI=1S/C12H13N3O3/c1-8(10-13-11(16)15-12(17)14-10)18-7-9-5-3-2-4-6-9/h2-6,8H,7H2,1H3,(H2,13,14,15,16,17)/t8-/m1/s1. The summed E-state index contributed by atoms with van der Waals surface area (Å²) in [6, 6.07) is 9.61. The third-order valence-electron chi connectivity index (χ3n) is 2.41. The fourth-order valence-electron chi connectivity index (χ4n) is 1.48. The van der Waals surface area contributed by atoms with Crippen LogP contribution in [0.3, 0.4) is 0 Å². The first kappa shape index (κ1) is 12.3. The van der Waals surface area contributed by atoms with Crippen molar-refractivity contribution in [3.8, 4) is 0 Å². The maximum Gasteiger partial charge on any atom is 0.350 e. The van der Waals surface area contributed by atoms with Gasteiger partial charge in [0.15, 0.2) is 0 Å². The van der Waals surface area contributed by atoms with Crippen molar-refractivity contribution < 1.29 is 4.74 Å². The lowest BCUT2D eigenvalue weighted by atomic mass is 10.2. The van der Waals surface area contributed by atoms with E-state index < -0.39 is 17.5 Å². The number of nitrogens with zero attached hydrogens (tertiary/aromatic N) is 1. The van der Waals surface area contributed by atoms with Crippen LogP contribution in [0.1, 0.15) is 24.4 Å². The predicted molar refractivity (Wildman–Crippen MR) is 65.1 cm³/mol. The van der Waals surface area contributed by atoms with Crippen LogP contribution in [0.5, 0.6) is 0 Å². The van der Waals surface area contributed by atoms with Crippen LogP contribution < -0.4 is 11.4 Å². The molecule has 0 spiro atoms. The summed E-state index contributed by atoms with van der Waals surface area (Å²) in [6.07, 6.45) is -0.458. The van der Waals surface area contributed by atoms with E-state index in [2.05, 4.69) is 9.97 Å². The molecule has 0 aliphatic carbocycles. The van der Waals surface area contributed by atoms with Gasteiger partial charge >= 0.3 is 11.4 Å². The number of rotatable bonds is 4. The van der Waals surface area contributed by atoms with E-state index in [1.807, 2.05) is 35.3 Å². The van der Waals surface area contributed by atoms with Gasteiger partial charge in [-0.05, 0) is 12.5 Å². The van der Waals surface area contributed by atoms with Crippen molar-refractivity contribution in [1.29, 1.82) is 0 Å². The second-order valence-corrected chi connectivity index (χ2v) is 3.82. The van der Waals surface area contributed by atoms with E-state index in [4.69, 9.17) is 4.74 Å². The molecule has 2 rings (SSSR count). The summed E-state index contributed by atoms with van der Waals surface area (Å²) in [5.74, 6) is 0.222. The molecule has 2 N–H and O–H groups in total. The van der Waals surface area contributed by atoms with Crippen molar-refractivity contribution in [3.05, 3.63) is 62.7 Å². The zero-order valence-corrected chi connectivity index (χ0v) is 9.84. The molecular weight excluding hydrogens is 234 g/mol. The first-order valence-electron chi connectivity index (χ1n) is 5.51. The lowest BCUT2D eigenvalue weighted by Gasteiger charge is -2.11. The zero-order chi connectivity index (χ0) is 13.0. The Morgan fingerprint density at radius 1 is 1.22 bits per heavy atom. The fraction of sp³-hybridized carbons (Fsp3) is 0.250. The number of ether oxygens (including phenoxy) is 1. The van der Waals surface area contributed by atoms with E-state index in [1.165, 1.54) is 0 Å². The Hall–Kier alpha value is -2.21. The molecule has 0 amide bonds. The Balaban J connectivity index is 2.06. The Labute approximate surface area is 103 Å². The Morgan fingerprint density at radius 2 is 1.94 bits per heavy atom. The largest absolute Gasteiger partial charge is 0.366 e. The summed E-state index contributed by atoms with van der Waals surface area (Å²) in [7, 11) is 0. The van der Waals surface area contributed by atoms with Crippen LogP contribution in [0, 0.1) is 0 Å². The molecule has 0 bridgehead atoms. The van der Waals surface area contributed by atoms with E-state index in [0.717, 1.165) is 5.56 Å². The second kappa shape index (κ2) is 5.42. The predicted octanol–water partition coefficient (Wildman–Crippen LogP) is 0.736. The SMILES string of the molecule is C[C@@H](OCc1ccccc1)c1nc(=O)[nH]c(=O)[nH]1. The van der Waals surface area contributed by atoms with Crippen LogP contribution in [-0.2, 0) is 11.3 Å². The number of hydrogen-bond donors (Lipinski definition) is 2. The maximum atomic E-state index is 11.1. The second-order valence-electron chi connectivity index (χ2n) is 3.82. The quantitative estimate of drug-likeness (QED) is 0.834. The van der Waals surface area contributed by atoms with Gasteiger partial charge in [0.25, 0.3) is 0 Å². The van der Waals surface area contributed by atoms with Gasteiger partial charge in [0.05, 0.1) is 6.61 Å². The van der Waals surface area contributed by atoms with Crippen molar-refractivity contribution in [2.75, 3.05) is 0 Å². The van der Waals surface area contributed by atoms with Gasteiger partial charge in [-0.1, -0.05) is 30.3 Å². The third kappa shape index (κ3) is 3.14. The van der Waals surface area contributed by atoms with E-state index in [0.29, 0.717) is 6.61 Å². The number of aromatic amines is 2. The molecule has 6 heteroatoms. The summed E-state index contributed by atoms with van der Waals surface area (Å²) in [6.45, 7) is 2.11. The molecule has 6 nitrogen and oxygen atoms in total. The van der Waals surface area contributed by atoms with Crippen LogP contribution in [0.15, 0.2) is 39.9 Å². The molecule has 0 fully saturated rings. The number of benzene rings is 1. The summed E-state index contributed by atoms with van der Waals surface area (Å²) in [5.41, 5.74) is -0.249. The topological polar surface area (TPSA) is 87.8 Å². The third-order valence-corrected chi connectivity index (χ3v) is 2.41. The highest BCUT2D eigenvalue weighted by molar-refractivity contribution is 5.13. The molecule has 0 unspecified atom stereocenters. The molecule has 0 aliphatic rings. The van der Waals surface area contributed by atoms with Gasteiger partial charge in [-0.25, -0.2) is 9.59 Å². The lowest BCUT2D eigenvalue weighted by molar-refractivity contribution is 0.0461. The highest BCUT2D eigenvalue weighted by Crippen LogP contribution is 2.12. The van der Waals surface area contributed by atoms with Crippen LogP contribution >= 0.6 is 0 Å². The number of nitrogens with one attached hydrogen (secondary N) is 2. The minimum atomic E-state index is -0.677. The molecule has 1 atom stereocenters. The van der Waals surface area contributed by atoms with Crippen LogP contribution in [-0.4, -0.2) is 15.0 Å². The summed E-state index contributed by atoms with van der Waals surface area (Å²) in [4.78, 5) is 30.2. The summed E-state index contributed by atoms with van der Waals surface area (Å²) < 4.78 is 5.54. The van der Waals surface area contributed by atoms with Gasteiger partial charge in [0.2, 0.25) is 0 Å².